The molecule has 0 saturated carbocycles. The molecular weight excluding hydrogens is 571 g/mol. The van der Waals surface area contributed by atoms with Crippen LogP contribution in [-0.4, -0.2) is 69.2 Å². The molecule has 1 amide bonds. The first-order valence-electron chi connectivity index (χ1n) is 12.7. The van der Waals surface area contributed by atoms with Crippen molar-refractivity contribution in [1.82, 2.24) is 14.5 Å². The minimum absolute atomic E-state index is 0.00411. The number of alkyl halides is 3. The van der Waals surface area contributed by atoms with Crippen LogP contribution in [0.1, 0.15) is 12.0 Å². The molecule has 1 aromatic heterocycles. The average molecular weight is 597 g/mol. The van der Waals surface area contributed by atoms with Crippen molar-refractivity contribution in [2.75, 3.05) is 43.1 Å². The second-order valence-corrected chi connectivity index (χ2v) is 11.3. The lowest BCUT2D eigenvalue weighted by atomic mass is 9.94. The number of nitrogens with zero attached hydrogens (tertiary/aromatic N) is 4. The first-order chi connectivity index (χ1) is 19.4. The van der Waals surface area contributed by atoms with Crippen molar-refractivity contribution in [2.45, 2.75) is 25.2 Å². The Morgan fingerprint density at radius 1 is 1.24 bits per heavy atom. The second kappa shape index (κ2) is 11.0. The van der Waals surface area contributed by atoms with E-state index in [1.54, 1.807) is 4.90 Å². The van der Waals surface area contributed by atoms with Gasteiger partial charge in [0.2, 0.25) is 5.91 Å². The van der Waals surface area contributed by atoms with Crippen molar-refractivity contribution >= 4 is 33.8 Å². The van der Waals surface area contributed by atoms with Gasteiger partial charge in [0.15, 0.2) is 5.75 Å². The number of anilines is 1. The predicted molar refractivity (Wildman–Crippen MR) is 143 cm³/mol. The third kappa shape index (κ3) is 5.37. The largest absolute Gasteiger partial charge is 0.616 e. The van der Waals surface area contributed by atoms with Crippen LogP contribution in [-0.2, 0) is 28.7 Å². The van der Waals surface area contributed by atoms with Gasteiger partial charge in [-0.05, 0) is 30.7 Å². The van der Waals surface area contributed by atoms with Gasteiger partial charge in [-0.2, -0.15) is 18.2 Å². The molecule has 0 radical (unpaired) electrons. The molecule has 2 aliphatic rings. The molecular formula is C27H25F5N4O4S. The van der Waals surface area contributed by atoms with Crippen LogP contribution in [0.5, 0.6) is 5.75 Å². The Labute approximate surface area is 234 Å². The molecule has 8 nitrogen and oxygen atoms in total. The average Bonchev–Trinajstić information content (AvgIpc) is 3.13. The van der Waals surface area contributed by atoms with Crippen molar-refractivity contribution in [2.24, 2.45) is 0 Å². The number of aromatic nitrogens is 2. The zero-order chi connectivity index (χ0) is 29.6. The van der Waals surface area contributed by atoms with Gasteiger partial charge in [0.1, 0.15) is 23.2 Å². The Morgan fingerprint density at radius 2 is 2.00 bits per heavy atom. The van der Waals surface area contributed by atoms with Crippen LogP contribution in [0.3, 0.4) is 0 Å². The van der Waals surface area contributed by atoms with Gasteiger partial charge in [0, 0.05) is 48.8 Å². The fourth-order valence-corrected chi connectivity index (χ4v) is 6.26. The molecule has 41 heavy (non-hydrogen) atoms. The molecule has 3 heterocycles. The highest BCUT2D eigenvalue weighted by molar-refractivity contribution is 7.90. The van der Waals surface area contributed by atoms with Crippen LogP contribution in [0, 0.1) is 11.6 Å². The maximum atomic E-state index is 15.0. The zero-order valence-corrected chi connectivity index (χ0v) is 22.7. The fraction of sp³-hybridized carbons (Fsp3) is 0.370. The van der Waals surface area contributed by atoms with Crippen molar-refractivity contribution in [1.29, 1.82) is 0 Å². The smallest absolute Gasteiger partial charge is 0.417 e. The number of hydrogen-bond acceptors (Lipinski definition) is 6. The van der Waals surface area contributed by atoms with Gasteiger partial charge in [0.05, 0.1) is 30.0 Å². The molecule has 14 heteroatoms. The fourth-order valence-electron chi connectivity index (χ4n) is 5.43. The van der Waals surface area contributed by atoms with Crippen molar-refractivity contribution < 1.29 is 36.0 Å². The van der Waals surface area contributed by atoms with Crippen molar-refractivity contribution in [3.05, 3.63) is 64.6 Å². The van der Waals surface area contributed by atoms with Gasteiger partial charge in [0.25, 0.3) is 0 Å². The van der Waals surface area contributed by atoms with Crippen LogP contribution in [0.15, 0.2) is 41.7 Å². The van der Waals surface area contributed by atoms with Crippen LogP contribution >= 0.6 is 0 Å². The molecule has 1 fully saturated rings. The number of benzene rings is 2. The zero-order valence-electron chi connectivity index (χ0n) is 21.8. The molecule has 2 aromatic carbocycles. The Hall–Kier alpha value is -3.65. The Kier molecular flexibility index (Phi) is 7.72. The SMILES string of the molecule is C=CC(=O)N1CCN(c2nc(=O)n3c4c(c(-c5ccc(F)cc5F)c(C(F)(F)F)cc24)OCCC3)CC1C[S+](C)[O-]. The Bertz CT molecular complexity index is 1590. The van der Waals surface area contributed by atoms with Gasteiger partial charge in [-0.15, -0.1) is 0 Å². The summed E-state index contributed by atoms with van der Waals surface area (Å²) in [5, 5.41) is -0.0556. The molecule has 2 aliphatic heterocycles. The normalized spacial score (nSPS) is 18.2. The van der Waals surface area contributed by atoms with Gasteiger partial charge in [-0.1, -0.05) is 17.8 Å². The first-order valence-corrected chi connectivity index (χ1v) is 14.4. The molecule has 1 saturated heterocycles. The van der Waals surface area contributed by atoms with E-state index in [4.69, 9.17) is 4.74 Å². The molecule has 0 spiro atoms. The topological polar surface area (TPSA) is 90.7 Å². The summed E-state index contributed by atoms with van der Waals surface area (Å²) in [6.45, 7) is 3.80. The lowest BCUT2D eigenvalue weighted by molar-refractivity contribution is -0.137. The van der Waals surface area contributed by atoms with Crippen LogP contribution in [0.4, 0.5) is 27.8 Å². The lowest BCUT2D eigenvalue weighted by Gasteiger charge is -2.41. The monoisotopic (exact) mass is 596 g/mol. The van der Waals surface area contributed by atoms with E-state index in [1.165, 1.54) is 15.7 Å². The summed E-state index contributed by atoms with van der Waals surface area (Å²) in [5.41, 5.74) is -3.16. The number of amides is 1. The molecule has 2 atom stereocenters. The molecule has 0 aliphatic carbocycles. The maximum Gasteiger partial charge on any atom is 0.417 e. The van der Waals surface area contributed by atoms with Crippen LogP contribution in [0.25, 0.3) is 22.0 Å². The van der Waals surface area contributed by atoms with Crippen LogP contribution < -0.4 is 15.3 Å². The minimum Gasteiger partial charge on any atom is -0.616 e. The summed E-state index contributed by atoms with van der Waals surface area (Å²) < 4.78 is 91.5. The summed E-state index contributed by atoms with van der Waals surface area (Å²) in [6.07, 6.45) is -2.13. The highest BCUT2D eigenvalue weighted by Crippen LogP contribution is 2.48. The summed E-state index contributed by atoms with van der Waals surface area (Å²) in [4.78, 5) is 32.9. The highest BCUT2D eigenvalue weighted by atomic mass is 32.2. The summed E-state index contributed by atoms with van der Waals surface area (Å²) in [5.74, 6) is -2.91. The van der Waals surface area contributed by atoms with E-state index < -0.39 is 57.4 Å². The van der Waals surface area contributed by atoms with Crippen LogP contribution in [0.2, 0.25) is 0 Å². The molecule has 5 rings (SSSR count). The molecule has 0 N–H and O–H groups in total. The molecule has 0 bridgehead atoms. The van der Waals surface area contributed by atoms with E-state index in [0.29, 0.717) is 6.07 Å². The number of carbonyl (C=O) groups is 1. The van der Waals surface area contributed by atoms with E-state index in [0.717, 1.165) is 24.3 Å². The van der Waals surface area contributed by atoms with E-state index in [2.05, 4.69) is 11.6 Å². The Morgan fingerprint density at radius 3 is 2.66 bits per heavy atom. The molecule has 218 valence electrons. The van der Waals surface area contributed by atoms with E-state index in [9.17, 15) is 36.1 Å². The van der Waals surface area contributed by atoms with Crippen molar-refractivity contribution in [3.63, 3.8) is 0 Å². The van der Waals surface area contributed by atoms with E-state index in [-0.39, 0.29) is 73.3 Å². The predicted octanol–water partition coefficient (Wildman–Crippen LogP) is 3.72. The maximum absolute atomic E-state index is 15.0. The quantitative estimate of drug-likeness (QED) is 0.254. The Balaban J connectivity index is 1.78. The van der Waals surface area contributed by atoms with Gasteiger partial charge in [-0.3, -0.25) is 9.36 Å². The third-order valence-corrected chi connectivity index (χ3v) is 8.00. The summed E-state index contributed by atoms with van der Waals surface area (Å²) in [7, 11) is 0. The number of halogens is 5. The number of ether oxygens (including phenoxy) is 1. The first kappa shape index (κ1) is 28.9. The molecule has 3 aromatic rings. The number of piperazine rings is 1. The molecule has 2 unspecified atom stereocenters. The second-order valence-electron chi connectivity index (χ2n) is 9.79. The van der Waals surface area contributed by atoms with Gasteiger partial charge in [-0.25, -0.2) is 13.6 Å². The highest BCUT2D eigenvalue weighted by Gasteiger charge is 2.40. The number of hydrogen-bond donors (Lipinski definition) is 0. The number of rotatable bonds is 5. The van der Waals surface area contributed by atoms with E-state index >= 15 is 0 Å². The van der Waals surface area contributed by atoms with E-state index in [1.807, 2.05) is 0 Å². The van der Waals surface area contributed by atoms with Gasteiger partial charge < -0.3 is 19.1 Å². The minimum atomic E-state index is -4.99. The van der Waals surface area contributed by atoms with Crippen molar-refractivity contribution in [3.8, 4) is 16.9 Å². The lowest BCUT2D eigenvalue weighted by Crippen LogP contribution is -2.57. The number of carbonyl (C=O) groups excluding carboxylic acids is 1. The summed E-state index contributed by atoms with van der Waals surface area (Å²) >= 11 is -1.32. The number of aryl methyl sites for hydroxylation is 1. The summed E-state index contributed by atoms with van der Waals surface area (Å²) in [6, 6.07) is 2.44. The third-order valence-electron chi connectivity index (χ3n) is 7.14. The standard InChI is InChI=1S/C27H25F5N4O4S/c1-3-21(37)35-9-8-34(13-16(35)14-41(2)39)25-18-12-19(27(30,31)32)22(17-6-5-15(28)11-20(17)29)24-23(18)36(26(38)33-25)7-4-10-40-24/h3,5-6,11-12,16H,1,4,7-10,13-14H2,2H3. The van der Waals surface area contributed by atoms with Gasteiger partial charge >= 0.3 is 11.9 Å².